The molecule has 0 unspecified atom stereocenters. The largest absolute Gasteiger partial charge is 0.448 e. The Balaban J connectivity index is 0. The molecule has 0 atom stereocenters. The minimum absolute atomic E-state index is 0. The first-order valence-electron chi connectivity index (χ1n) is 3.03. The van der Waals surface area contributed by atoms with Gasteiger partial charge in [-0.15, -0.1) is 0 Å². The van der Waals surface area contributed by atoms with Crippen molar-refractivity contribution in [1.29, 1.82) is 0 Å². The van der Waals surface area contributed by atoms with Gasteiger partial charge in [-0.3, -0.25) is 0 Å². The molecule has 0 fully saturated rings. The fraction of sp³-hybridized carbons (Fsp3) is 0.800. The van der Waals surface area contributed by atoms with Crippen molar-refractivity contribution < 1.29 is 30.6 Å². The van der Waals surface area contributed by atoms with E-state index in [-0.39, 0.29) is 21.1 Å². The Morgan fingerprint density at radius 1 is 1.55 bits per heavy atom. The molecule has 1 amide bonds. The zero-order valence-corrected chi connectivity index (χ0v) is 9.98. The van der Waals surface area contributed by atoms with Crippen LogP contribution in [0.2, 0.25) is 0 Å². The van der Waals surface area contributed by atoms with Crippen LogP contribution in [0.15, 0.2) is 0 Å². The van der Waals surface area contributed by atoms with Crippen LogP contribution in [0.4, 0.5) is 4.79 Å². The SMILES string of the molecule is CCCCOC(=O)N(S)S.[Mo]. The number of nitrogens with zero attached hydrogens (tertiary/aromatic N) is 1. The van der Waals surface area contributed by atoms with E-state index in [4.69, 9.17) is 0 Å². The van der Waals surface area contributed by atoms with Crippen LogP contribution in [0.5, 0.6) is 0 Å². The van der Waals surface area contributed by atoms with E-state index < -0.39 is 6.09 Å². The van der Waals surface area contributed by atoms with Crippen LogP contribution in [-0.2, 0) is 25.8 Å². The molecule has 0 aliphatic heterocycles. The molecule has 0 heterocycles. The van der Waals surface area contributed by atoms with E-state index in [0.29, 0.717) is 6.61 Å². The third-order valence-corrected chi connectivity index (χ3v) is 1.21. The summed E-state index contributed by atoms with van der Waals surface area (Å²) in [5, 5.41) is 0. The molecule has 0 N–H and O–H groups in total. The summed E-state index contributed by atoms with van der Waals surface area (Å²) in [6.45, 7) is 2.46. The first-order valence-corrected chi connectivity index (χ1v) is 3.83. The summed E-state index contributed by atoms with van der Waals surface area (Å²) >= 11 is 7.24. The number of ether oxygens (including phenoxy) is 1. The van der Waals surface area contributed by atoms with Gasteiger partial charge in [0.15, 0.2) is 0 Å². The van der Waals surface area contributed by atoms with Gasteiger partial charge in [-0.1, -0.05) is 13.3 Å². The Kier molecular flexibility index (Phi) is 11.3. The standard InChI is InChI=1S/C5H11NO2S2.Mo/c1-2-3-4-8-5(7)6(9)10;/h9-10H,2-4H2,1H3;. The van der Waals surface area contributed by atoms with Crippen molar-refractivity contribution in [1.82, 2.24) is 3.71 Å². The summed E-state index contributed by atoms with van der Waals surface area (Å²) in [6.07, 6.45) is 1.35. The van der Waals surface area contributed by atoms with Crippen LogP contribution in [0.25, 0.3) is 0 Å². The number of hydrogen-bond acceptors (Lipinski definition) is 4. The number of carbonyl (C=O) groups is 1. The molecule has 0 aromatic heterocycles. The normalized spacial score (nSPS) is 8.27. The maximum Gasteiger partial charge on any atom is 0.429 e. The zero-order chi connectivity index (χ0) is 7.98. The van der Waals surface area contributed by atoms with Gasteiger partial charge >= 0.3 is 6.09 Å². The van der Waals surface area contributed by atoms with Crippen molar-refractivity contribution in [3.63, 3.8) is 0 Å². The molecule has 0 saturated heterocycles. The van der Waals surface area contributed by atoms with E-state index in [1.165, 1.54) is 0 Å². The third-order valence-electron chi connectivity index (χ3n) is 0.887. The number of unbranched alkanes of at least 4 members (excludes halogenated alkanes) is 1. The zero-order valence-electron chi connectivity index (χ0n) is 6.19. The molecule has 0 aromatic rings. The molecule has 0 rings (SSSR count). The topological polar surface area (TPSA) is 29.5 Å². The summed E-state index contributed by atoms with van der Waals surface area (Å²) in [5.74, 6) is 0. The van der Waals surface area contributed by atoms with Crippen molar-refractivity contribution in [3.8, 4) is 0 Å². The van der Waals surface area contributed by atoms with Gasteiger partial charge in [0.1, 0.15) is 0 Å². The molecule has 0 radical (unpaired) electrons. The van der Waals surface area contributed by atoms with Gasteiger partial charge < -0.3 is 4.74 Å². The van der Waals surface area contributed by atoms with E-state index in [0.717, 1.165) is 16.6 Å². The number of rotatable bonds is 3. The molecule has 0 aromatic carbocycles. The van der Waals surface area contributed by atoms with E-state index in [9.17, 15) is 4.79 Å². The molecule has 0 saturated carbocycles. The minimum atomic E-state index is -0.528. The summed E-state index contributed by atoms with van der Waals surface area (Å²) < 4.78 is 5.49. The van der Waals surface area contributed by atoms with Crippen LogP contribution in [-0.4, -0.2) is 16.4 Å². The summed E-state index contributed by atoms with van der Waals surface area (Å²) in [5.41, 5.74) is 0. The smallest absolute Gasteiger partial charge is 0.429 e. The Bertz CT molecular complexity index is 113. The number of thiol groups is 2. The predicted molar refractivity (Wildman–Crippen MR) is 46.1 cm³/mol. The summed E-state index contributed by atoms with van der Waals surface area (Å²) in [7, 11) is 0. The van der Waals surface area contributed by atoms with Crippen LogP contribution >= 0.6 is 25.6 Å². The summed E-state index contributed by atoms with van der Waals surface area (Å²) in [4.78, 5) is 10.6. The fourth-order valence-corrected chi connectivity index (χ4v) is 0.477. The monoisotopic (exact) mass is 279 g/mol. The van der Waals surface area contributed by atoms with Gasteiger partial charge in [0.2, 0.25) is 0 Å². The number of amides is 1. The van der Waals surface area contributed by atoms with Gasteiger partial charge in [0.25, 0.3) is 0 Å². The van der Waals surface area contributed by atoms with Crippen LogP contribution in [0.3, 0.4) is 0 Å². The Labute approximate surface area is 92.2 Å². The Morgan fingerprint density at radius 3 is 2.45 bits per heavy atom. The van der Waals surface area contributed by atoms with E-state index in [2.05, 4.69) is 30.4 Å². The first kappa shape index (κ1) is 14.2. The molecule has 66 valence electrons. The number of hydrogen-bond donors (Lipinski definition) is 2. The Hall–Kier alpha value is 0.658. The van der Waals surface area contributed by atoms with Gasteiger partial charge in [-0.25, -0.2) is 4.79 Å². The fourth-order valence-electron chi connectivity index (χ4n) is 0.362. The maximum atomic E-state index is 10.6. The van der Waals surface area contributed by atoms with E-state index in [1.54, 1.807) is 0 Å². The average molecular weight is 277 g/mol. The third kappa shape index (κ3) is 8.57. The molecule has 11 heavy (non-hydrogen) atoms. The van der Waals surface area contributed by atoms with Crippen LogP contribution in [0, 0.1) is 0 Å². The van der Waals surface area contributed by atoms with Crippen molar-refractivity contribution in [2.45, 2.75) is 19.8 Å². The quantitative estimate of drug-likeness (QED) is 0.469. The van der Waals surface area contributed by atoms with Crippen molar-refractivity contribution in [3.05, 3.63) is 0 Å². The van der Waals surface area contributed by atoms with Gasteiger partial charge in [0, 0.05) is 21.1 Å². The predicted octanol–water partition coefficient (Wildman–Crippen LogP) is 1.91. The van der Waals surface area contributed by atoms with Crippen LogP contribution < -0.4 is 0 Å². The first-order chi connectivity index (χ1) is 4.68. The van der Waals surface area contributed by atoms with Gasteiger partial charge in [0.05, 0.1) is 6.61 Å². The molecule has 0 aliphatic rings. The van der Waals surface area contributed by atoms with Gasteiger partial charge in [-0.05, 0) is 32.1 Å². The number of carbonyl (C=O) groups excluding carboxylic acids is 1. The molecular formula is C5H11MoNO2S2. The van der Waals surface area contributed by atoms with Crippen molar-refractivity contribution >= 4 is 31.7 Å². The van der Waals surface area contributed by atoms with E-state index >= 15 is 0 Å². The molecule has 0 bridgehead atoms. The molecule has 0 aliphatic carbocycles. The second-order valence-electron chi connectivity index (χ2n) is 1.76. The van der Waals surface area contributed by atoms with Crippen molar-refractivity contribution in [2.24, 2.45) is 0 Å². The second-order valence-corrected chi connectivity index (χ2v) is 2.87. The molecule has 6 heteroatoms. The minimum Gasteiger partial charge on any atom is -0.448 e. The van der Waals surface area contributed by atoms with E-state index in [1.807, 2.05) is 6.92 Å². The maximum absolute atomic E-state index is 10.6. The molecular weight excluding hydrogens is 266 g/mol. The van der Waals surface area contributed by atoms with Crippen LogP contribution in [0.1, 0.15) is 19.8 Å². The van der Waals surface area contributed by atoms with Crippen molar-refractivity contribution in [2.75, 3.05) is 6.61 Å². The average Bonchev–Trinajstić information content (AvgIpc) is 1.88. The molecule has 0 spiro atoms. The summed E-state index contributed by atoms with van der Waals surface area (Å²) in [6, 6.07) is 0. The second kappa shape index (κ2) is 8.75. The Morgan fingerprint density at radius 2 is 2.09 bits per heavy atom. The molecule has 3 nitrogen and oxygen atoms in total. The van der Waals surface area contributed by atoms with Gasteiger partial charge in [-0.2, -0.15) is 3.71 Å².